The van der Waals surface area contributed by atoms with Crippen molar-refractivity contribution in [3.05, 3.63) is 35.9 Å². The van der Waals surface area contributed by atoms with Crippen molar-refractivity contribution in [2.45, 2.75) is 25.8 Å². The summed E-state index contributed by atoms with van der Waals surface area (Å²) in [7, 11) is 1.59. The maximum absolute atomic E-state index is 11.7. The summed E-state index contributed by atoms with van der Waals surface area (Å²) >= 11 is 0. The molecule has 0 aromatic heterocycles. The number of hydrogen-bond acceptors (Lipinski definition) is 2. The second kappa shape index (κ2) is 9.09. The molecule has 0 saturated heterocycles. The zero-order valence-electron chi connectivity index (χ0n) is 12.2. The largest absolute Gasteiger partial charge is 0.354 e. The van der Waals surface area contributed by atoms with Crippen LogP contribution in [0.25, 0.3) is 0 Å². The van der Waals surface area contributed by atoms with E-state index in [1.54, 1.807) is 12.4 Å². The number of quaternary nitrogens is 1. The summed E-state index contributed by atoms with van der Waals surface area (Å²) in [5, 5.41) is 7.15. The van der Waals surface area contributed by atoms with Crippen molar-refractivity contribution < 1.29 is 14.9 Å². The first-order chi connectivity index (χ1) is 9.61. The van der Waals surface area contributed by atoms with E-state index < -0.39 is 0 Å². The fourth-order valence-electron chi connectivity index (χ4n) is 1.87. The normalized spacial score (nSPS) is 11.7. The van der Waals surface area contributed by atoms with Crippen LogP contribution >= 0.6 is 0 Å². The molecule has 0 saturated carbocycles. The molecular weight excluding hydrogens is 254 g/mol. The standard InChI is InChI=1S/C15H23N3O2/c1-12(8-9-13-6-4-3-5-7-13)18-15(20)11-17-10-14(19)16-2/h3-7,12,17H,8-11H2,1-2H3,(H,16,19)(H,18,20)/p+1/t12-/m0/s1. The molecule has 1 aromatic carbocycles. The monoisotopic (exact) mass is 278 g/mol. The van der Waals surface area contributed by atoms with Gasteiger partial charge in [0.1, 0.15) is 0 Å². The molecule has 0 unspecified atom stereocenters. The van der Waals surface area contributed by atoms with Crippen LogP contribution in [0.5, 0.6) is 0 Å². The van der Waals surface area contributed by atoms with E-state index in [2.05, 4.69) is 22.8 Å². The van der Waals surface area contributed by atoms with Crippen LogP contribution in [0.3, 0.4) is 0 Å². The average Bonchev–Trinajstić information content (AvgIpc) is 2.46. The topological polar surface area (TPSA) is 74.8 Å². The number of likely N-dealkylation sites (N-methyl/N-ethyl adjacent to an activating group) is 1. The third-order valence-corrected chi connectivity index (χ3v) is 3.05. The maximum Gasteiger partial charge on any atom is 0.275 e. The maximum atomic E-state index is 11.7. The first-order valence-electron chi connectivity index (χ1n) is 6.97. The second-order valence-electron chi connectivity index (χ2n) is 4.86. The van der Waals surface area contributed by atoms with Crippen LogP contribution in [0.4, 0.5) is 0 Å². The van der Waals surface area contributed by atoms with Crippen LogP contribution in [-0.2, 0) is 16.0 Å². The average molecular weight is 278 g/mol. The van der Waals surface area contributed by atoms with Gasteiger partial charge in [0.05, 0.1) is 0 Å². The molecule has 0 aliphatic carbocycles. The van der Waals surface area contributed by atoms with E-state index >= 15 is 0 Å². The first kappa shape index (κ1) is 16.2. The lowest BCUT2D eigenvalue weighted by Gasteiger charge is -2.13. The van der Waals surface area contributed by atoms with E-state index in [9.17, 15) is 9.59 Å². The van der Waals surface area contributed by atoms with Crippen molar-refractivity contribution in [1.29, 1.82) is 0 Å². The molecule has 5 nitrogen and oxygen atoms in total. The minimum absolute atomic E-state index is 0.0329. The Kier molecular flexibility index (Phi) is 7.35. The number of benzene rings is 1. The molecule has 1 atom stereocenters. The molecule has 0 bridgehead atoms. The Morgan fingerprint density at radius 1 is 1.15 bits per heavy atom. The first-order valence-corrected chi connectivity index (χ1v) is 6.97. The van der Waals surface area contributed by atoms with Crippen molar-refractivity contribution in [2.75, 3.05) is 20.1 Å². The van der Waals surface area contributed by atoms with Crippen LogP contribution in [-0.4, -0.2) is 38.0 Å². The van der Waals surface area contributed by atoms with E-state index in [1.165, 1.54) is 5.56 Å². The van der Waals surface area contributed by atoms with E-state index in [1.807, 2.05) is 25.1 Å². The van der Waals surface area contributed by atoms with E-state index in [0.29, 0.717) is 0 Å². The van der Waals surface area contributed by atoms with Crippen LogP contribution < -0.4 is 16.0 Å². The zero-order valence-corrected chi connectivity index (χ0v) is 12.2. The van der Waals surface area contributed by atoms with Gasteiger partial charge in [0, 0.05) is 13.1 Å². The van der Waals surface area contributed by atoms with E-state index in [4.69, 9.17) is 0 Å². The third kappa shape index (κ3) is 6.89. The molecule has 5 heteroatoms. The summed E-state index contributed by atoms with van der Waals surface area (Å²) in [4.78, 5) is 22.7. The Hall–Kier alpha value is -1.88. The predicted molar refractivity (Wildman–Crippen MR) is 78.1 cm³/mol. The van der Waals surface area contributed by atoms with Crippen molar-refractivity contribution in [1.82, 2.24) is 10.6 Å². The highest BCUT2D eigenvalue weighted by atomic mass is 16.2. The van der Waals surface area contributed by atoms with E-state index in [-0.39, 0.29) is 30.9 Å². The molecular formula is C15H24N3O2+. The third-order valence-electron chi connectivity index (χ3n) is 3.05. The summed E-state index contributed by atoms with van der Waals surface area (Å²) in [5.41, 5.74) is 1.28. The number of carbonyl (C=O) groups excluding carboxylic acids is 2. The summed E-state index contributed by atoms with van der Waals surface area (Å²) in [6.07, 6.45) is 1.86. The number of hydrogen-bond donors (Lipinski definition) is 3. The summed E-state index contributed by atoms with van der Waals surface area (Å²) in [6.45, 7) is 2.56. The lowest BCUT2D eigenvalue weighted by molar-refractivity contribution is -0.633. The van der Waals surface area contributed by atoms with Gasteiger partial charge in [0.15, 0.2) is 13.1 Å². The van der Waals surface area contributed by atoms with Crippen molar-refractivity contribution in [3.63, 3.8) is 0 Å². The lowest BCUT2D eigenvalue weighted by atomic mass is 10.1. The molecule has 1 aromatic rings. The highest BCUT2D eigenvalue weighted by Crippen LogP contribution is 2.04. The van der Waals surface area contributed by atoms with Crippen LogP contribution in [0.15, 0.2) is 30.3 Å². The van der Waals surface area contributed by atoms with Gasteiger partial charge in [-0.25, -0.2) is 0 Å². The lowest BCUT2D eigenvalue weighted by Crippen LogP contribution is -2.88. The summed E-state index contributed by atoms with van der Waals surface area (Å²) in [5.74, 6) is -0.107. The summed E-state index contributed by atoms with van der Waals surface area (Å²) in [6, 6.07) is 10.4. The van der Waals surface area contributed by atoms with Gasteiger partial charge in [-0.1, -0.05) is 30.3 Å². The highest BCUT2D eigenvalue weighted by molar-refractivity contribution is 5.78. The van der Waals surface area contributed by atoms with Crippen LogP contribution in [0.1, 0.15) is 18.9 Å². The number of nitrogens with one attached hydrogen (secondary N) is 2. The number of aryl methyl sites for hydroxylation is 1. The predicted octanol–water partition coefficient (Wildman–Crippen LogP) is -0.567. The molecule has 4 N–H and O–H groups in total. The smallest absolute Gasteiger partial charge is 0.275 e. The van der Waals surface area contributed by atoms with Crippen LogP contribution in [0.2, 0.25) is 0 Å². The Labute approximate surface area is 120 Å². The van der Waals surface area contributed by atoms with Gasteiger partial charge in [0.25, 0.3) is 11.8 Å². The molecule has 20 heavy (non-hydrogen) atoms. The minimum atomic E-state index is -0.0741. The van der Waals surface area contributed by atoms with Crippen LogP contribution in [0, 0.1) is 0 Å². The molecule has 0 radical (unpaired) electrons. The van der Waals surface area contributed by atoms with Crippen molar-refractivity contribution in [2.24, 2.45) is 0 Å². The van der Waals surface area contributed by atoms with Gasteiger partial charge < -0.3 is 16.0 Å². The zero-order chi connectivity index (χ0) is 14.8. The van der Waals surface area contributed by atoms with Gasteiger partial charge in [0.2, 0.25) is 0 Å². The van der Waals surface area contributed by atoms with Gasteiger partial charge >= 0.3 is 0 Å². The highest BCUT2D eigenvalue weighted by Gasteiger charge is 2.10. The molecule has 0 spiro atoms. The van der Waals surface area contributed by atoms with Crippen molar-refractivity contribution in [3.8, 4) is 0 Å². The Balaban J connectivity index is 2.16. The molecule has 0 heterocycles. The van der Waals surface area contributed by atoms with Gasteiger partial charge in [-0.05, 0) is 25.3 Å². The number of rotatable bonds is 8. The molecule has 110 valence electrons. The Morgan fingerprint density at radius 2 is 1.80 bits per heavy atom. The summed E-state index contributed by atoms with van der Waals surface area (Å²) < 4.78 is 0. The SMILES string of the molecule is CNC(=O)C[NH2+]CC(=O)N[C@@H](C)CCc1ccccc1. The molecule has 0 fully saturated rings. The Bertz CT molecular complexity index is 420. The fraction of sp³-hybridized carbons (Fsp3) is 0.467. The van der Waals surface area contributed by atoms with Gasteiger partial charge in [-0.2, -0.15) is 0 Å². The number of nitrogens with two attached hydrogens (primary N) is 1. The molecule has 0 aliphatic heterocycles. The fourth-order valence-corrected chi connectivity index (χ4v) is 1.87. The number of carbonyl (C=O) groups is 2. The quantitative estimate of drug-likeness (QED) is 0.596. The van der Waals surface area contributed by atoms with Crippen molar-refractivity contribution >= 4 is 11.8 Å². The molecule has 2 amide bonds. The second-order valence-corrected chi connectivity index (χ2v) is 4.86. The molecule has 1 rings (SSSR count). The van der Waals surface area contributed by atoms with Gasteiger partial charge in [-0.3, -0.25) is 9.59 Å². The van der Waals surface area contributed by atoms with Gasteiger partial charge in [-0.15, -0.1) is 0 Å². The van der Waals surface area contributed by atoms with E-state index in [0.717, 1.165) is 12.8 Å². The Morgan fingerprint density at radius 3 is 2.45 bits per heavy atom. The number of amides is 2. The molecule has 0 aliphatic rings. The minimum Gasteiger partial charge on any atom is -0.354 e.